The number of carbonyl (C=O) groups excluding carboxylic acids is 2. The molecule has 0 aliphatic carbocycles. The Balaban J connectivity index is 1.63. The maximum atomic E-state index is 13.4. The van der Waals surface area contributed by atoms with Crippen LogP contribution in [0.1, 0.15) is 55.1 Å². The highest BCUT2D eigenvalue weighted by Gasteiger charge is 2.37. The Morgan fingerprint density at radius 2 is 1.71 bits per heavy atom. The molecule has 0 bridgehead atoms. The second kappa shape index (κ2) is 11.6. The first-order chi connectivity index (χ1) is 16.6. The normalized spacial score (nSPS) is 15.3. The fourth-order valence-corrected chi connectivity index (χ4v) is 4.15. The van der Waals surface area contributed by atoms with Gasteiger partial charge in [0.2, 0.25) is 5.91 Å². The number of halogens is 3. The topological polar surface area (TPSA) is 65.5 Å². The third kappa shape index (κ3) is 6.74. The highest BCUT2D eigenvalue weighted by molar-refractivity contribution is 5.97. The summed E-state index contributed by atoms with van der Waals surface area (Å²) in [4.78, 5) is 33.2. The monoisotopic (exact) mass is 490 g/mol. The minimum Gasteiger partial charge on any atom is -0.353 e. The van der Waals surface area contributed by atoms with Crippen LogP contribution in [-0.2, 0) is 17.4 Å². The smallest absolute Gasteiger partial charge is 0.353 e. The Morgan fingerprint density at radius 3 is 2.29 bits per heavy atom. The number of amides is 2. The van der Waals surface area contributed by atoms with Crippen molar-refractivity contribution in [2.75, 3.05) is 31.1 Å². The third-order valence-corrected chi connectivity index (χ3v) is 6.24. The van der Waals surface area contributed by atoms with Crippen LogP contribution in [0.15, 0.2) is 42.6 Å². The fraction of sp³-hybridized carbons (Fsp3) is 0.500. The Morgan fingerprint density at radius 1 is 1.06 bits per heavy atom. The average Bonchev–Trinajstić information content (AvgIpc) is 2.85. The Hall–Kier alpha value is -3.10. The highest BCUT2D eigenvalue weighted by Crippen LogP contribution is 2.35. The average molecular weight is 491 g/mol. The van der Waals surface area contributed by atoms with Crippen LogP contribution < -0.4 is 10.2 Å². The van der Waals surface area contributed by atoms with Crippen molar-refractivity contribution >= 4 is 17.6 Å². The van der Waals surface area contributed by atoms with E-state index in [-0.39, 0.29) is 49.7 Å². The van der Waals surface area contributed by atoms with E-state index in [1.807, 2.05) is 26.0 Å². The van der Waals surface area contributed by atoms with Gasteiger partial charge in [0.15, 0.2) is 0 Å². The first-order valence-electron chi connectivity index (χ1n) is 12.1. The second-order valence-electron chi connectivity index (χ2n) is 9.18. The highest BCUT2D eigenvalue weighted by atomic mass is 19.4. The molecular weight excluding hydrogens is 457 g/mol. The first kappa shape index (κ1) is 26.5. The van der Waals surface area contributed by atoms with E-state index in [1.165, 1.54) is 17.8 Å². The molecule has 9 heteroatoms. The first-order valence-corrected chi connectivity index (χ1v) is 12.1. The van der Waals surface area contributed by atoms with E-state index in [0.717, 1.165) is 25.3 Å². The van der Waals surface area contributed by atoms with Crippen LogP contribution in [0.5, 0.6) is 0 Å². The molecule has 2 amide bonds. The molecule has 0 saturated carbocycles. The van der Waals surface area contributed by atoms with Crippen LogP contribution >= 0.6 is 0 Å². The summed E-state index contributed by atoms with van der Waals surface area (Å²) in [5.74, 6) is -0.824. The number of piperazine rings is 1. The Kier molecular flexibility index (Phi) is 8.75. The standard InChI is InChI=1S/C26H33F3N4O2/c1-4-5-7-19-9-11-20(12-10-19)24(34)31-22(18(2)3)25(35)33-16-14-32(15-17-33)23-21(26(27,28)29)8-6-13-30-23/h6,8-13,18,22H,4-5,7,14-17H2,1-3H3,(H,31,34). The summed E-state index contributed by atoms with van der Waals surface area (Å²) in [6.45, 7) is 6.79. The van der Waals surface area contributed by atoms with E-state index in [2.05, 4.69) is 17.2 Å². The molecule has 1 N–H and O–H groups in total. The summed E-state index contributed by atoms with van der Waals surface area (Å²) >= 11 is 0. The second-order valence-corrected chi connectivity index (χ2v) is 9.18. The number of nitrogens with one attached hydrogen (secondary N) is 1. The van der Waals surface area contributed by atoms with Crippen molar-refractivity contribution in [3.63, 3.8) is 0 Å². The maximum Gasteiger partial charge on any atom is 0.419 e. The van der Waals surface area contributed by atoms with E-state index in [0.29, 0.717) is 5.56 Å². The van der Waals surface area contributed by atoms with Gasteiger partial charge < -0.3 is 15.1 Å². The van der Waals surface area contributed by atoms with Crippen LogP contribution in [0.2, 0.25) is 0 Å². The van der Waals surface area contributed by atoms with Gasteiger partial charge in [0, 0.05) is 37.9 Å². The van der Waals surface area contributed by atoms with E-state index in [1.54, 1.807) is 21.9 Å². The van der Waals surface area contributed by atoms with Crippen molar-refractivity contribution in [2.24, 2.45) is 5.92 Å². The number of aryl methyl sites for hydroxylation is 1. The molecule has 1 aliphatic rings. The number of anilines is 1. The summed E-state index contributed by atoms with van der Waals surface area (Å²) in [7, 11) is 0. The molecule has 35 heavy (non-hydrogen) atoms. The summed E-state index contributed by atoms with van der Waals surface area (Å²) in [6.07, 6.45) is -0.0262. The van der Waals surface area contributed by atoms with Gasteiger partial charge in [-0.05, 0) is 48.6 Å². The summed E-state index contributed by atoms with van der Waals surface area (Å²) in [6, 6.07) is 8.96. The van der Waals surface area contributed by atoms with E-state index in [4.69, 9.17) is 0 Å². The van der Waals surface area contributed by atoms with Gasteiger partial charge in [0.25, 0.3) is 5.91 Å². The van der Waals surface area contributed by atoms with Crippen molar-refractivity contribution < 1.29 is 22.8 Å². The SMILES string of the molecule is CCCCc1ccc(C(=O)NC(C(=O)N2CCN(c3ncccc3C(F)(F)F)CC2)C(C)C)cc1. The molecule has 1 fully saturated rings. The van der Waals surface area contributed by atoms with E-state index < -0.39 is 17.8 Å². The van der Waals surface area contributed by atoms with Crippen molar-refractivity contribution in [1.82, 2.24) is 15.2 Å². The van der Waals surface area contributed by atoms with Gasteiger partial charge >= 0.3 is 6.18 Å². The number of pyridine rings is 1. The molecular formula is C26H33F3N4O2. The lowest BCUT2D eigenvalue weighted by Crippen LogP contribution is -2.56. The van der Waals surface area contributed by atoms with Gasteiger partial charge in [-0.15, -0.1) is 0 Å². The number of benzene rings is 1. The lowest BCUT2D eigenvalue weighted by molar-refractivity contribution is -0.138. The lowest BCUT2D eigenvalue weighted by Gasteiger charge is -2.38. The van der Waals surface area contributed by atoms with Crippen LogP contribution in [0.4, 0.5) is 19.0 Å². The van der Waals surface area contributed by atoms with Gasteiger partial charge in [-0.25, -0.2) is 4.98 Å². The molecule has 0 spiro atoms. The van der Waals surface area contributed by atoms with Gasteiger partial charge in [-0.1, -0.05) is 39.3 Å². The Labute approximate surface area is 204 Å². The van der Waals surface area contributed by atoms with Crippen molar-refractivity contribution in [2.45, 2.75) is 52.3 Å². The Bertz CT molecular complexity index is 1000. The molecule has 1 aliphatic heterocycles. The number of rotatable bonds is 8. The maximum absolute atomic E-state index is 13.4. The number of carbonyl (C=O) groups is 2. The minimum absolute atomic E-state index is 0.122. The van der Waals surface area contributed by atoms with E-state index >= 15 is 0 Å². The number of hydrogen-bond donors (Lipinski definition) is 1. The summed E-state index contributed by atoms with van der Waals surface area (Å²) in [5.41, 5.74) is 0.871. The molecule has 2 aromatic rings. The molecule has 3 rings (SSSR count). The minimum atomic E-state index is -4.50. The van der Waals surface area contributed by atoms with Crippen LogP contribution in [-0.4, -0.2) is 53.9 Å². The van der Waals surface area contributed by atoms with Crippen molar-refractivity contribution in [1.29, 1.82) is 0 Å². The van der Waals surface area contributed by atoms with Crippen LogP contribution in [0, 0.1) is 5.92 Å². The predicted octanol–water partition coefficient (Wildman–Crippen LogP) is 4.55. The van der Waals surface area contributed by atoms with E-state index in [9.17, 15) is 22.8 Å². The molecule has 1 saturated heterocycles. The number of hydrogen-bond acceptors (Lipinski definition) is 4. The number of alkyl halides is 3. The van der Waals surface area contributed by atoms with Crippen molar-refractivity contribution in [3.8, 4) is 0 Å². The third-order valence-electron chi connectivity index (χ3n) is 6.24. The molecule has 0 radical (unpaired) electrons. The predicted molar refractivity (Wildman–Crippen MR) is 129 cm³/mol. The molecule has 1 aromatic heterocycles. The quantitative estimate of drug-likeness (QED) is 0.590. The molecule has 1 aromatic carbocycles. The summed E-state index contributed by atoms with van der Waals surface area (Å²) in [5, 5.41) is 2.86. The molecule has 2 heterocycles. The molecule has 190 valence electrons. The van der Waals surface area contributed by atoms with Gasteiger partial charge in [-0.3, -0.25) is 9.59 Å². The number of aromatic nitrogens is 1. The number of unbranched alkanes of at least 4 members (excludes halogenated alkanes) is 1. The van der Waals surface area contributed by atoms with Gasteiger partial charge in [0.1, 0.15) is 11.9 Å². The van der Waals surface area contributed by atoms with Crippen LogP contribution in [0.25, 0.3) is 0 Å². The molecule has 1 atom stereocenters. The fourth-order valence-electron chi connectivity index (χ4n) is 4.15. The van der Waals surface area contributed by atoms with Gasteiger partial charge in [0.05, 0.1) is 5.56 Å². The molecule has 1 unspecified atom stereocenters. The zero-order valence-corrected chi connectivity index (χ0v) is 20.4. The summed E-state index contributed by atoms with van der Waals surface area (Å²) < 4.78 is 40.1. The van der Waals surface area contributed by atoms with Gasteiger partial charge in [-0.2, -0.15) is 13.2 Å². The molecule has 6 nitrogen and oxygen atoms in total. The zero-order valence-electron chi connectivity index (χ0n) is 20.4. The largest absolute Gasteiger partial charge is 0.419 e. The van der Waals surface area contributed by atoms with Crippen LogP contribution in [0.3, 0.4) is 0 Å². The lowest BCUT2D eigenvalue weighted by atomic mass is 10.0. The number of nitrogens with zero attached hydrogens (tertiary/aromatic N) is 3. The van der Waals surface area contributed by atoms with Crippen molar-refractivity contribution in [3.05, 3.63) is 59.3 Å². The zero-order chi connectivity index (χ0) is 25.6.